The summed E-state index contributed by atoms with van der Waals surface area (Å²) in [6.07, 6.45) is 7.16. The molecule has 3 heterocycles. The third-order valence-corrected chi connectivity index (χ3v) is 5.13. The van der Waals surface area contributed by atoms with Gasteiger partial charge in [-0.05, 0) is 63.2 Å². The summed E-state index contributed by atoms with van der Waals surface area (Å²) in [5, 5.41) is 4.27. The molecule has 1 aliphatic rings. The number of thiocarbonyl (C=S) groups is 1. The van der Waals surface area contributed by atoms with Gasteiger partial charge in [-0.1, -0.05) is 6.07 Å². The second-order valence-corrected chi connectivity index (χ2v) is 8.08. The van der Waals surface area contributed by atoms with Gasteiger partial charge in [0.05, 0.1) is 17.8 Å². The zero-order valence-electron chi connectivity index (χ0n) is 16.0. The Bertz CT molecular complexity index is 738. The van der Waals surface area contributed by atoms with Crippen molar-refractivity contribution < 1.29 is 4.74 Å². The molecule has 0 saturated carbocycles. The van der Waals surface area contributed by atoms with E-state index in [0.29, 0.717) is 0 Å². The molecule has 140 valence electrons. The maximum absolute atomic E-state index is 5.66. The summed E-state index contributed by atoms with van der Waals surface area (Å²) in [4.78, 5) is 6.85. The Labute approximate surface area is 161 Å². The molecule has 1 fully saturated rings. The summed E-state index contributed by atoms with van der Waals surface area (Å²) in [5.41, 5.74) is 2.31. The Hall–Kier alpha value is -1.92. The molecule has 6 heteroatoms. The molecule has 2 atom stereocenters. The number of rotatable bonds is 6. The van der Waals surface area contributed by atoms with E-state index in [1.807, 2.05) is 18.3 Å². The van der Waals surface area contributed by atoms with Crippen LogP contribution in [0, 0.1) is 0 Å². The Kier molecular flexibility index (Phi) is 5.63. The Morgan fingerprint density at radius 3 is 2.69 bits per heavy atom. The molecular weight excluding hydrogens is 344 g/mol. The smallest absolute Gasteiger partial charge is 0.170 e. The molecule has 1 saturated heterocycles. The summed E-state index contributed by atoms with van der Waals surface area (Å²) in [5.74, 6) is 0. The second kappa shape index (κ2) is 7.76. The average molecular weight is 373 g/mol. The van der Waals surface area contributed by atoms with Crippen molar-refractivity contribution in [3.63, 3.8) is 0 Å². The topological polar surface area (TPSA) is 42.3 Å². The van der Waals surface area contributed by atoms with Crippen LogP contribution in [-0.4, -0.2) is 39.8 Å². The number of hydrogen-bond acceptors (Lipinski definition) is 3. The summed E-state index contributed by atoms with van der Waals surface area (Å²) in [6, 6.07) is 8.40. The van der Waals surface area contributed by atoms with E-state index in [4.69, 9.17) is 17.0 Å². The van der Waals surface area contributed by atoms with Gasteiger partial charge in [-0.2, -0.15) is 0 Å². The standard InChI is InChI=1S/C20H28N4OS/c1-20(2,3)23-12-9-15(14-23)18-17(16-8-5-6-10-21-16)22-19(26)24(18)11-7-13-25-4/h5-6,8-10,12,14,17-18H,7,11,13H2,1-4H3,(H,22,26)/t17-,18+/m1/s1. The third-order valence-electron chi connectivity index (χ3n) is 4.78. The highest BCUT2D eigenvalue weighted by Crippen LogP contribution is 2.39. The molecule has 3 rings (SSSR count). The zero-order chi connectivity index (χ0) is 18.7. The number of nitrogens with zero attached hydrogens (tertiary/aromatic N) is 3. The quantitative estimate of drug-likeness (QED) is 0.619. The van der Waals surface area contributed by atoms with Gasteiger partial charge in [0.1, 0.15) is 0 Å². The number of aromatic nitrogens is 2. The van der Waals surface area contributed by atoms with E-state index in [1.54, 1.807) is 7.11 Å². The SMILES string of the molecule is COCCCN1C(=S)N[C@H](c2ccccn2)[C@@H]1c1ccn(C(C)(C)C)c1. The van der Waals surface area contributed by atoms with E-state index in [-0.39, 0.29) is 17.6 Å². The average Bonchev–Trinajstić information content (AvgIpc) is 3.21. The van der Waals surface area contributed by atoms with E-state index in [2.05, 4.69) is 65.1 Å². The lowest BCUT2D eigenvalue weighted by Crippen LogP contribution is -2.31. The third kappa shape index (κ3) is 3.91. The predicted octanol–water partition coefficient (Wildman–Crippen LogP) is 3.65. The highest BCUT2D eigenvalue weighted by atomic mass is 32.1. The van der Waals surface area contributed by atoms with Crippen LogP contribution in [0.25, 0.3) is 0 Å². The highest BCUT2D eigenvalue weighted by molar-refractivity contribution is 7.80. The first-order valence-corrected chi connectivity index (χ1v) is 9.48. The monoisotopic (exact) mass is 372 g/mol. The van der Waals surface area contributed by atoms with E-state index in [1.165, 1.54) is 5.56 Å². The number of nitrogens with one attached hydrogen (secondary N) is 1. The van der Waals surface area contributed by atoms with E-state index in [9.17, 15) is 0 Å². The van der Waals surface area contributed by atoms with Crippen LogP contribution in [0.2, 0.25) is 0 Å². The van der Waals surface area contributed by atoms with Crippen LogP contribution >= 0.6 is 12.2 Å². The largest absolute Gasteiger partial charge is 0.385 e. The lowest BCUT2D eigenvalue weighted by atomic mass is 9.99. The van der Waals surface area contributed by atoms with Gasteiger partial charge in [0.15, 0.2) is 5.11 Å². The molecule has 1 aliphatic heterocycles. The maximum Gasteiger partial charge on any atom is 0.170 e. The molecule has 0 radical (unpaired) electrons. The van der Waals surface area contributed by atoms with Crippen molar-refractivity contribution in [2.75, 3.05) is 20.3 Å². The van der Waals surface area contributed by atoms with Gasteiger partial charge in [-0.15, -0.1) is 0 Å². The summed E-state index contributed by atoms with van der Waals surface area (Å²) < 4.78 is 7.49. The number of ether oxygens (including phenoxy) is 1. The van der Waals surface area contributed by atoms with E-state index in [0.717, 1.165) is 30.4 Å². The number of pyridine rings is 1. The van der Waals surface area contributed by atoms with Gasteiger partial charge >= 0.3 is 0 Å². The molecular formula is C20H28N4OS. The molecule has 1 N–H and O–H groups in total. The molecule has 0 unspecified atom stereocenters. The normalized spacial score (nSPS) is 20.5. The van der Waals surface area contributed by atoms with Crippen molar-refractivity contribution in [1.29, 1.82) is 0 Å². The van der Waals surface area contributed by atoms with Gasteiger partial charge in [0.2, 0.25) is 0 Å². The van der Waals surface area contributed by atoms with Crippen molar-refractivity contribution in [2.24, 2.45) is 0 Å². The fourth-order valence-corrected chi connectivity index (χ4v) is 3.73. The van der Waals surface area contributed by atoms with Crippen LogP contribution in [0.4, 0.5) is 0 Å². The lowest BCUT2D eigenvalue weighted by molar-refractivity contribution is 0.180. The Morgan fingerprint density at radius 2 is 2.08 bits per heavy atom. The van der Waals surface area contributed by atoms with Crippen LogP contribution in [0.1, 0.15) is 50.5 Å². The molecule has 2 aromatic rings. The molecule has 0 spiro atoms. The van der Waals surface area contributed by atoms with Crippen molar-refractivity contribution in [3.05, 3.63) is 54.1 Å². The molecule has 0 bridgehead atoms. The van der Waals surface area contributed by atoms with Crippen LogP contribution in [-0.2, 0) is 10.3 Å². The van der Waals surface area contributed by atoms with Crippen molar-refractivity contribution in [3.8, 4) is 0 Å². The first-order chi connectivity index (χ1) is 12.4. The maximum atomic E-state index is 5.66. The minimum atomic E-state index is 0.0436. The number of hydrogen-bond donors (Lipinski definition) is 1. The summed E-state index contributed by atoms with van der Waals surface area (Å²) >= 11 is 5.66. The Balaban J connectivity index is 1.95. The fraction of sp³-hybridized carbons (Fsp3) is 0.500. The second-order valence-electron chi connectivity index (χ2n) is 7.69. The molecule has 0 amide bonds. The Morgan fingerprint density at radius 1 is 1.27 bits per heavy atom. The van der Waals surface area contributed by atoms with Crippen LogP contribution < -0.4 is 5.32 Å². The molecule has 2 aromatic heterocycles. The molecule has 26 heavy (non-hydrogen) atoms. The molecule has 0 aliphatic carbocycles. The van der Waals surface area contributed by atoms with Gasteiger partial charge in [-0.3, -0.25) is 4.98 Å². The minimum absolute atomic E-state index is 0.0436. The first-order valence-electron chi connectivity index (χ1n) is 9.07. The van der Waals surface area contributed by atoms with Gasteiger partial charge in [0, 0.05) is 44.4 Å². The highest BCUT2D eigenvalue weighted by Gasteiger charge is 2.40. The number of methoxy groups -OCH3 is 1. The summed E-state index contributed by atoms with van der Waals surface area (Å²) in [7, 11) is 1.73. The predicted molar refractivity (Wildman–Crippen MR) is 108 cm³/mol. The first kappa shape index (κ1) is 18.9. The van der Waals surface area contributed by atoms with E-state index >= 15 is 0 Å². The fourth-order valence-electron chi connectivity index (χ4n) is 3.39. The van der Waals surface area contributed by atoms with Crippen molar-refractivity contribution in [2.45, 2.75) is 44.8 Å². The van der Waals surface area contributed by atoms with Crippen LogP contribution in [0.15, 0.2) is 42.9 Å². The lowest BCUT2D eigenvalue weighted by Gasteiger charge is -2.27. The van der Waals surface area contributed by atoms with Crippen molar-refractivity contribution >= 4 is 17.3 Å². The van der Waals surface area contributed by atoms with Crippen molar-refractivity contribution in [1.82, 2.24) is 19.8 Å². The van der Waals surface area contributed by atoms with Gasteiger partial charge in [-0.25, -0.2) is 0 Å². The molecule has 0 aromatic carbocycles. The zero-order valence-corrected chi connectivity index (χ0v) is 16.8. The van der Waals surface area contributed by atoms with Crippen LogP contribution in [0.3, 0.4) is 0 Å². The van der Waals surface area contributed by atoms with E-state index < -0.39 is 0 Å². The minimum Gasteiger partial charge on any atom is -0.385 e. The van der Waals surface area contributed by atoms with Gasteiger partial charge < -0.3 is 19.5 Å². The van der Waals surface area contributed by atoms with Crippen LogP contribution in [0.5, 0.6) is 0 Å². The summed E-state index contributed by atoms with van der Waals surface area (Å²) in [6.45, 7) is 8.21. The van der Waals surface area contributed by atoms with Gasteiger partial charge in [0.25, 0.3) is 0 Å². The molecule has 5 nitrogen and oxygen atoms in total.